The van der Waals surface area contributed by atoms with E-state index in [0.717, 1.165) is 0 Å². The Hall–Kier alpha value is -0.720. The third-order valence-corrected chi connectivity index (χ3v) is 2.13. The van der Waals surface area contributed by atoms with Crippen LogP contribution in [-0.2, 0) is 7.05 Å². The quantitative estimate of drug-likeness (QED) is 0.491. The van der Waals surface area contributed by atoms with Gasteiger partial charge in [0, 0.05) is 24.6 Å². The number of nitrogens with two attached hydrogens (primary N) is 1. The number of nitrogens with zero attached hydrogens (tertiary/aromatic N) is 2. The highest BCUT2D eigenvalue weighted by molar-refractivity contribution is 7.80. The number of aryl methyl sites for hydroxylation is 1. The van der Waals surface area contributed by atoms with Crippen LogP contribution in [-0.4, -0.2) is 31.9 Å². The molecule has 0 bridgehead atoms. The third kappa shape index (κ3) is 2.15. The summed E-state index contributed by atoms with van der Waals surface area (Å²) in [6, 6.07) is 0. The van der Waals surface area contributed by atoms with Crippen molar-refractivity contribution in [3.05, 3.63) is 11.8 Å². The number of hydrogen-bond acceptors (Lipinski definition) is 5. The highest BCUT2D eigenvalue weighted by Crippen LogP contribution is 2.21. The lowest BCUT2D eigenvalue weighted by atomic mass is 10.1. The van der Waals surface area contributed by atoms with E-state index in [4.69, 9.17) is 5.73 Å². The predicted molar refractivity (Wildman–Crippen MR) is 52.4 cm³/mol. The summed E-state index contributed by atoms with van der Waals surface area (Å²) in [5.41, 5.74) is 5.94. The second kappa shape index (κ2) is 3.99. The third-order valence-electron chi connectivity index (χ3n) is 1.76. The Labute approximate surface area is 81.6 Å². The standard InChI is InChI=1S/C7H13N3O2S/c1-10-2-4(7(8)9-10)6(12)5(11)3-13/h2,5-6,11-13H,3H2,1H3,(H2,8,9). The van der Waals surface area contributed by atoms with Crippen molar-refractivity contribution in [1.82, 2.24) is 9.78 Å². The molecule has 0 aliphatic carbocycles. The van der Waals surface area contributed by atoms with E-state index in [0.29, 0.717) is 5.56 Å². The van der Waals surface area contributed by atoms with Gasteiger partial charge in [-0.05, 0) is 0 Å². The summed E-state index contributed by atoms with van der Waals surface area (Å²) in [5.74, 6) is 0.408. The molecule has 0 fully saturated rings. The van der Waals surface area contributed by atoms with E-state index < -0.39 is 12.2 Å². The van der Waals surface area contributed by atoms with Gasteiger partial charge in [0.2, 0.25) is 0 Å². The van der Waals surface area contributed by atoms with E-state index in [1.54, 1.807) is 13.2 Å². The van der Waals surface area contributed by atoms with Crippen LogP contribution in [0.15, 0.2) is 6.20 Å². The number of thiol groups is 1. The molecule has 1 aromatic heterocycles. The van der Waals surface area contributed by atoms with E-state index in [-0.39, 0.29) is 11.6 Å². The van der Waals surface area contributed by atoms with Crippen molar-refractivity contribution >= 4 is 18.4 Å². The average molecular weight is 203 g/mol. The van der Waals surface area contributed by atoms with Crippen LogP contribution in [0.4, 0.5) is 5.82 Å². The number of aliphatic hydroxyl groups is 2. The van der Waals surface area contributed by atoms with E-state index in [1.807, 2.05) is 0 Å². The molecule has 0 saturated heterocycles. The molecule has 0 aromatic carbocycles. The lowest BCUT2D eigenvalue weighted by molar-refractivity contribution is 0.0341. The summed E-state index contributed by atoms with van der Waals surface area (Å²) < 4.78 is 1.49. The molecule has 74 valence electrons. The van der Waals surface area contributed by atoms with Gasteiger partial charge in [0.25, 0.3) is 0 Å². The highest BCUT2D eigenvalue weighted by Gasteiger charge is 2.21. The Morgan fingerprint density at radius 1 is 1.69 bits per heavy atom. The van der Waals surface area contributed by atoms with Crippen LogP contribution >= 0.6 is 12.6 Å². The van der Waals surface area contributed by atoms with E-state index in [1.165, 1.54) is 4.68 Å². The van der Waals surface area contributed by atoms with Crippen molar-refractivity contribution in [3.63, 3.8) is 0 Å². The van der Waals surface area contributed by atoms with Gasteiger partial charge < -0.3 is 15.9 Å². The first-order chi connectivity index (χ1) is 6.06. The van der Waals surface area contributed by atoms with Crippen LogP contribution in [0.3, 0.4) is 0 Å². The molecule has 13 heavy (non-hydrogen) atoms. The average Bonchev–Trinajstić information content (AvgIpc) is 2.42. The molecule has 4 N–H and O–H groups in total. The molecule has 0 aliphatic heterocycles. The molecule has 1 rings (SSSR count). The monoisotopic (exact) mass is 203 g/mol. The van der Waals surface area contributed by atoms with Crippen LogP contribution in [0.25, 0.3) is 0 Å². The van der Waals surface area contributed by atoms with Crippen molar-refractivity contribution < 1.29 is 10.2 Å². The molecule has 2 unspecified atom stereocenters. The zero-order chi connectivity index (χ0) is 10.0. The van der Waals surface area contributed by atoms with Crippen LogP contribution in [0, 0.1) is 0 Å². The second-order valence-corrected chi connectivity index (χ2v) is 3.20. The van der Waals surface area contributed by atoms with Gasteiger partial charge >= 0.3 is 0 Å². The predicted octanol–water partition coefficient (Wildman–Crippen LogP) is -0.674. The Balaban J connectivity index is 2.87. The normalized spacial score (nSPS) is 15.7. The summed E-state index contributed by atoms with van der Waals surface area (Å²) in [7, 11) is 1.69. The molecular formula is C7H13N3O2S. The van der Waals surface area contributed by atoms with Gasteiger partial charge in [-0.15, -0.1) is 0 Å². The zero-order valence-electron chi connectivity index (χ0n) is 7.25. The second-order valence-electron chi connectivity index (χ2n) is 2.84. The minimum atomic E-state index is -1.02. The molecule has 0 amide bonds. The molecular weight excluding hydrogens is 190 g/mol. The first kappa shape index (κ1) is 10.4. The van der Waals surface area contributed by atoms with Crippen LogP contribution in [0.5, 0.6) is 0 Å². The molecule has 5 nitrogen and oxygen atoms in total. The van der Waals surface area contributed by atoms with Crippen molar-refractivity contribution in [2.45, 2.75) is 12.2 Å². The van der Waals surface area contributed by atoms with Crippen molar-refractivity contribution in [1.29, 1.82) is 0 Å². The number of nitrogen functional groups attached to an aromatic ring is 1. The summed E-state index contributed by atoms with van der Waals surface area (Å²) in [6.45, 7) is 0. The van der Waals surface area contributed by atoms with Gasteiger partial charge in [0.1, 0.15) is 6.10 Å². The summed E-state index contributed by atoms with van der Waals surface area (Å²) in [5, 5.41) is 22.7. The van der Waals surface area contributed by atoms with Crippen LogP contribution in [0.2, 0.25) is 0 Å². The van der Waals surface area contributed by atoms with Gasteiger partial charge in [-0.1, -0.05) is 0 Å². The Morgan fingerprint density at radius 2 is 2.31 bits per heavy atom. The molecule has 0 aliphatic rings. The van der Waals surface area contributed by atoms with E-state index in [2.05, 4.69) is 17.7 Å². The maximum atomic E-state index is 9.55. The molecule has 1 heterocycles. The van der Waals surface area contributed by atoms with Gasteiger partial charge in [-0.25, -0.2) is 0 Å². The highest BCUT2D eigenvalue weighted by atomic mass is 32.1. The van der Waals surface area contributed by atoms with Crippen LogP contribution in [0.1, 0.15) is 11.7 Å². The Kier molecular flexibility index (Phi) is 3.18. The number of aromatic nitrogens is 2. The summed E-state index contributed by atoms with van der Waals surface area (Å²) in [4.78, 5) is 0. The molecule has 0 saturated carbocycles. The fourth-order valence-corrected chi connectivity index (χ4v) is 1.26. The zero-order valence-corrected chi connectivity index (χ0v) is 8.15. The Bertz CT molecular complexity index is 289. The minimum Gasteiger partial charge on any atom is -0.389 e. The van der Waals surface area contributed by atoms with Crippen molar-refractivity contribution in [2.24, 2.45) is 7.05 Å². The number of anilines is 1. The lowest BCUT2D eigenvalue weighted by Gasteiger charge is -2.14. The van der Waals surface area contributed by atoms with Gasteiger partial charge in [-0.3, -0.25) is 4.68 Å². The number of aliphatic hydroxyl groups excluding tert-OH is 2. The topological polar surface area (TPSA) is 84.3 Å². The van der Waals surface area contributed by atoms with Crippen molar-refractivity contribution in [3.8, 4) is 0 Å². The van der Waals surface area contributed by atoms with E-state index >= 15 is 0 Å². The molecule has 0 spiro atoms. The molecule has 2 atom stereocenters. The number of hydrogen-bond donors (Lipinski definition) is 4. The fourth-order valence-electron chi connectivity index (χ4n) is 1.06. The smallest absolute Gasteiger partial charge is 0.151 e. The van der Waals surface area contributed by atoms with Gasteiger partial charge in [0.05, 0.1) is 6.10 Å². The molecule has 0 radical (unpaired) electrons. The van der Waals surface area contributed by atoms with E-state index in [9.17, 15) is 10.2 Å². The van der Waals surface area contributed by atoms with Crippen molar-refractivity contribution in [2.75, 3.05) is 11.5 Å². The minimum absolute atomic E-state index is 0.176. The summed E-state index contributed by atoms with van der Waals surface area (Å²) >= 11 is 3.87. The first-order valence-corrected chi connectivity index (χ1v) is 4.45. The molecule has 6 heteroatoms. The van der Waals surface area contributed by atoms with Gasteiger partial charge in [0.15, 0.2) is 5.82 Å². The summed E-state index contributed by atoms with van der Waals surface area (Å²) in [6.07, 6.45) is -0.367. The fraction of sp³-hybridized carbons (Fsp3) is 0.571. The van der Waals surface area contributed by atoms with Crippen LogP contribution < -0.4 is 5.73 Å². The maximum Gasteiger partial charge on any atom is 0.151 e. The number of rotatable bonds is 3. The largest absolute Gasteiger partial charge is 0.389 e. The first-order valence-electron chi connectivity index (χ1n) is 3.82. The molecule has 1 aromatic rings. The lowest BCUT2D eigenvalue weighted by Crippen LogP contribution is -2.20. The van der Waals surface area contributed by atoms with Gasteiger partial charge in [-0.2, -0.15) is 17.7 Å². The maximum absolute atomic E-state index is 9.55. The Morgan fingerprint density at radius 3 is 2.69 bits per heavy atom. The SMILES string of the molecule is Cn1cc(C(O)C(O)CS)c(N)n1.